The largest absolute Gasteiger partial charge is 0.381 e. The van der Waals surface area contributed by atoms with Gasteiger partial charge in [0.1, 0.15) is 0 Å². The van der Waals surface area contributed by atoms with Crippen LogP contribution in [0.3, 0.4) is 0 Å². The van der Waals surface area contributed by atoms with Gasteiger partial charge in [0.05, 0.1) is 19.3 Å². The molecule has 0 spiro atoms. The summed E-state index contributed by atoms with van der Waals surface area (Å²) in [5.41, 5.74) is 2.41. The van der Waals surface area contributed by atoms with Crippen LogP contribution < -0.4 is 10.6 Å². The number of ether oxygens (including phenoxy) is 2. The van der Waals surface area contributed by atoms with Gasteiger partial charge in [-0.15, -0.1) is 0 Å². The quantitative estimate of drug-likeness (QED) is 0.599. The summed E-state index contributed by atoms with van der Waals surface area (Å²) in [4.78, 5) is 4.60. The third-order valence-corrected chi connectivity index (χ3v) is 3.75. The second kappa shape index (κ2) is 10.2. The number of hydrogen-bond acceptors (Lipinski definition) is 3. The molecule has 1 fully saturated rings. The summed E-state index contributed by atoms with van der Waals surface area (Å²) in [5.74, 6) is 0.860. The number of benzene rings is 1. The van der Waals surface area contributed by atoms with E-state index in [0.29, 0.717) is 19.3 Å². The number of aliphatic imine (C=N–C) groups is 1. The molecule has 0 bridgehead atoms. The van der Waals surface area contributed by atoms with Crippen LogP contribution >= 0.6 is 0 Å². The van der Waals surface area contributed by atoms with Crippen molar-refractivity contribution in [2.75, 3.05) is 26.3 Å². The summed E-state index contributed by atoms with van der Waals surface area (Å²) in [6.45, 7) is 8.84. The monoisotopic (exact) mass is 319 g/mol. The van der Waals surface area contributed by atoms with Gasteiger partial charge in [-0.2, -0.15) is 0 Å². The van der Waals surface area contributed by atoms with Gasteiger partial charge in [-0.05, 0) is 37.8 Å². The first-order chi connectivity index (χ1) is 11.3. The van der Waals surface area contributed by atoms with Crippen LogP contribution in [0.4, 0.5) is 0 Å². The summed E-state index contributed by atoms with van der Waals surface area (Å²) in [6, 6.07) is 8.48. The number of rotatable bonds is 7. The molecule has 1 aromatic rings. The lowest BCUT2D eigenvalue weighted by Gasteiger charge is -2.22. The molecule has 0 aliphatic carbocycles. The third-order valence-electron chi connectivity index (χ3n) is 3.75. The van der Waals surface area contributed by atoms with E-state index in [4.69, 9.17) is 9.47 Å². The predicted molar refractivity (Wildman–Crippen MR) is 93.6 cm³/mol. The minimum atomic E-state index is 0.333. The van der Waals surface area contributed by atoms with E-state index >= 15 is 0 Å². The first kappa shape index (κ1) is 17.8. The highest BCUT2D eigenvalue weighted by atomic mass is 16.5. The Hall–Kier alpha value is -1.59. The number of nitrogens with one attached hydrogen (secondary N) is 2. The van der Waals surface area contributed by atoms with Crippen molar-refractivity contribution >= 4 is 5.96 Å². The summed E-state index contributed by atoms with van der Waals surface area (Å²) >= 11 is 0. The zero-order chi connectivity index (χ0) is 16.3. The van der Waals surface area contributed by atoms with Gasteiger partial charge in [0.2, 0.25) is 0 Å². The van der Waals surface area contributed by atoms with Crippen LogP contribution in [0.1, 0.15) is 37.8 Å². The molecule has 1 aromatic carbocycles. The van der Waals surface area contributed by atoms with Gasteiger partial charge in [-0.3, -0.25) is 0 Å². The fourth-order valence-corrected chi connectivity index (χ4v) is 2.55. The lowest BCUT2D eigenvalue weighted by atomic mass is 10.1. The summed E-state index contributed by atoms with van der Waals surface area (Å²) in [5, 5.41) is 6.48. The van der Waals surface area contributed by atoms with E-state index in [1.54, 1.807) is 0 Å². The Morgan fingerprint density at radius 1 is 1.17 bits per heavy atom. The maximum atomic E-state index is 5.99. The van der Waals surface area contributed by atoms with Gasteiger partial charge < -0.3 is 20.1 Å². The highest BCUT2D eigenvalue weighted by Crippen LogP contribution is 2.14. The number of guanidine groups is 1. The lowest BCUT2D eigenvalue weighted by molar-refractivity contribution is -0.0390. The highest BCUT2D eigenvalue weighted by molar-refractivity contribution is 5.79. The van der Waals surface area contributed by atoms with E-state index in [1.807, 2.05) is 0 Å². The Balaban J connectivity index is 1.86. The van der Waals surface area contributed by atoms with E-state index in [-0.39, 0.29) is 0 Å². The van der Waals surface area contributed by atoms with Gasteiger partial charge in [-0.25, -0.2) is 4.99 Å². The Bertz CT molecular complexity index is 477. The Morgan fingerprint density at radius 3 is 2.57 bits per heavy atom. The first-order valence-electron chi connectivity index (χ1n) is 8.61. The molecule has 1 heterocycles. The lowest BCUT2D eigenvalue weighted by Crippen LogP contribution is -2.36. The molecular formula is C18H29N3O2. The van der Waals surface area contributed by atoms with Crippen molar-refractivity contribution in [1.29, 1.82) is 0 Å². The smallest absolute Gasteiger partial charge is 0.191 e. The zero-order valence-electron chi connectivity index (χ0n) is 14.3. The topological polar surface area (TPSA) is 54.9 Å². The highest BCUT2D eigenvalue weighted by Gasteiger charge is 2.13. The van der Waals surface area contributed by atoms with Crippen molar-refractivity contribution in [2.24, 2.45) is 4.99 Å². The van der Waals surface area contributed by atoms with Gasteiger partial charge in [0.15, 0.2) is 5.96 Å². The molecule has 1 aliphatic heterocycles. The van der Waals surface area contributed by atoms with Crippen LogP contribution in [0.25, 0.3) is 0 Å². The van der Waals surface area contributed by atoms with Crippen molar-refractivity contribution in [3.8, 4) is 0 Å². The van der Waals surface area contributed by atoms with Crippen molar-refractivity contribution in [2.45, 2.75) is 45.9 Å². The molecule has 0 aromatic heterocycles. The maximum absolute atomic E-state index is 5.99. The molecule has 0 radical (unpaired) electrons. The molecule has 2 N–H and O–H groups in total. The summed E-state index contributed by atoms with van der Waals surface area (Å²) in [7, 11) is 0. The van der Waals surface area contributed by atoms with Crippen LogP contribution in [-0.2, 0) is 22.6 Å². The molecule has 1 aliphatic rings. The molecule has 0 saturated carbocycles. The van der Waals surface area contributed by atoms with Crippen LogP contribution in [0.15, 0.2) is 29.3 Å². The third kappa shape index (κ3) is 6.59. The van der Waals surface area contributed by atoms with Crippen molar-refractivity contribution < 1.29 is 9.47 Å². The number of hydrogen-bond donors (Lipinski definition) is 2. The standard InChI is InChI=1S/C18H29N3O2/c1-3-19-18(20-4-2)21-13-15-6-5-7-16(12-15)14-23-17-8-10-22-11-9-17/h5-7,12,17H,3-4,8-11,13-14H2,1-2H3,(H2,19,20,21). The van der Waals surface area contributed by atoms with Crippen LogP contribution in [-0.4, -0.2) is 38.4 Å². The van der Waals surface area contributed by atoms with Gasteiger partial charge in [0, 0.05) is 26.3 Å². The van der Waals surface area contributed by atoms with Crippen molar-refractivity contribution in [3.05, 3.63) is 35.4 Å². The fourth-order valence-electron chi connectivity index (χ4n) is 2.55. The first-order valence-corrected chi connectivity index (χ1v) is 8.61. The zero-order valence-corrected chi connectivity index (χ0v) is 14.3. The van der Waals surface area contributed by atoms with Crippen LogP contribution in [0, 0.1) is 0 Å². The molecule has 5 heteroatoms. The second-order valence-corrected chi connectivity index (χ2v) is 5.67. The average Bonchev–Trinajstić information content (AvgIpc) is 2.60. The number of nitrogens with zero attached hydrogens (tertiary/aromatic N) is 1. The van der Waals surface area contributed by atoms with Crippen molar-refractivity contribution in [3.63, 3.8) is 0 Å². The fraction of sp³-hybridized carbons (Fsp3) is 0.611. The summed E-state index contributed by atoms with van der Waals surface area (Å²) in [6.07, 6.45) is 2.33. The van der Waals surface area contributed by atoms with Crippen molar-refractivity contribution in [1.82, 2.24) is 10.6 Å². The van der Waals surface area contributed by atoms with E-state index < -0.39 is 0 Å². The summed E-state index contributed by atoms with van der Waals surface area (Å²) < 4.78 is 11.3. The van der Waals surface area contributed by atoms with Crippen LogP contribution in [0.5, 0.6) is 0 Å². The minimum absolute atomic E-state index is 0.333. The molecule has 5 nitrogen and oxygen atoms in total. The Morgan fingerprint density at radius 2 is 1.87 bits per heavy atom. The molecule has 0 atom stereocenters. The molecular weight excluding hydrogens is 290 g/mol. The molecule has 0 unspecified atom stereocenters. The van der Waals surface area contributed by atoms with Crippen LogP contribution in [0.2, 0.25) is 0 Å². The molecule has 23 heavy (non-hydrogen) atoms. The molecule has 0 amide bonds. The van der Waals surface area contributed by atoms with E-state index in [2.05, 4.69) is 53.7 Å². The van der Waals surface area contributed by atoms with E-state index in [9.17, 15) is 0 Å². The molecule has 2 rings (SSSR count). The normalized spacial score (nSPS) is 15.2. The maximum Gasteiger partial charge on any atom is 0.191 e. The Kier molecular flexibility index (Phi) is 7.90. The predicted octanol–water partition coefficient (Wildman–Crippen LogP) is 2.46. The SMILES string of the molecule is CCNC(=NCc1cccc(COC2CCOCC2)c1)NCC. The molecule has 128 valence electrons. The molecule has 1 saturated heterocycles. The minimum Gasteiger partial charge on any atom is -0.381 e. The van der Waals surface area contributed by atoms with Gasteiger partial charge >= 0.3 is 0 Å². The Labute approximate surface area is 139 Å². The van der Waals surface area contributed by atoms with E-state index in [0.717, 1.165) is 45.1 Å². The van der Waals surface area contributed by atoms with Gasteiger partial charge in [0.25, 0.3) is 0 Å². The average molecular weight is 319 g/mol. The second-order valence-electron chi connectivity index (χ2n) is 5.67. The van der Waals surface area contributed by atoms with E-state index in [1.165, 1.54) is 11.1 Å². The van der Waals surface area contributed by atoms with Gasteiger partial charge in [-0.1, -0.05) is 24.3 Å².